The van der Waals surface area contributed by atoms with Crippen molar-refractivity contribution in [2.24, 2.45) is 0 Å². The van der Waals surface area contributed by atoms with E-state index in [1.165, 1.54) is 41.8 Å². The van der Waals surface area contributed by atoms with Gasteiger partial charge in [0.05, 0.1) is 0 Å². The smallest absolute Gasteiger partial charge is 0.0351 e. The van der Waals surface area contributed by atoms with Gasteiger partial charge in [0.25, 0.3) is 0 Å². The van der Waals surface area contributed by atoms with Crippen LogP contribution < -0.4 is 0 Å². The Morgan fingerprint density at radius 1 is 0.950 bits per heavy atom. The Kier molecular flexibility index (Phi) is 5.88. The Bertz CT molecular complexity index is 422. The second kappa shape index (κ2) is 7.44. The lowest BCUT2D eigenvalue weighted by Crippen LogP contribution is -2.32. The molecule has 0 spiro atoms. The van der Waals surface area contributed by atoms with Gasteiger partial charge < -0.3 is 4.90 Å². The van der Waals surface area contributed by atoms with Gasteiger partial charge in [0.15, 0.2) is 0 Å². The van der Waals surface area contributed by atoms with Crippen LogP contribution in [0.3, 0.4) is 0 Å². The van der Waals surface area contributed by atoms with Crippen molar-refractivity contribution >= 4 is 11.6 Å². The number of hydrogen-bond acceptors (Lipinski definition) is 2. The van der Waals surface area contributed by atoms with Crippen LogP contribution in [0.1, 0.15) is 28.7 Å². The summed E-state index contributed by atoms with van der Waals surface area (Å²) >= 11 is 5.86. The predicted molar refractivity (Wildman–Crippen MR) is 87.7 cm³/mol. The quantitative estimate of drug-likeness (QED) is 0.786. The van der Waals surface area contributed by atoms with Gasteiger partial charge in [-0.15, -0.1) is 11.6 Å². The summed E-state index contributed by atoms with van der Waals surface area (Å²) in [4.78, 5) is 5.08. The molecule has 20 heavy (non-hydrogen) atoms. The van der Waals surface area contributed by atoms with E-state index in [4.69, 9.17) is 11.6 Å². The molecule has 2 nitrogen and oxygen atoms in total. The van der Waals surface area contributed by atoms with E-state index in [1.54, 1.807) is 0 Å². The van der Waals surface area contributed by atoms with Crippen LogP contribution in [0.2, 0.25) is 0 Å². The summed E-state index contributed by atoms with van der Waals surface area (Å²) in [5.74, 6) is 0.746. The maximum atomic E-state index is 5.86. The Hall–Kier alpha value is -0.570. The van der Waals surface area contributed by atoms with Crippen LogP contribution in [0.25, 0.3) is 0 Å². The Morgan fingerprint density at radius 2 is 1.55 bits per heavy atom. The zero-order chi connectivity index (χ0) is 14.5. The lowest BCUT2D eigenvalue weighted by Gasteiger charge is -2.23. The van der Waals surface area contributed by atoms with Crippen molar-refractivity contribution in [3.05, 3.63) is 34.4 Å². The summed E-state index contributed by atoms with van der Waals surface area (Å²) < 4.78 is 0. The van der Waals surface area contributed by atoms with Crippen molar-refractivity contribution in [2.45, 2.75) is 33.7 Å². The molecule has 1 heterocycles. The molecule has 1 aliphatic heterocycles. The van der Waals surface area contributed by atoms with Crippen LogP contribution >= 0.6 is 11.6 Å². The number of nitrogens with zero attached hydrogens (tertiary/aromatic N) is 2. The zero-order valence-corrected chi connectivity index (χ0v) is 13.8. The van der Waals surface area contributed by atoms with Gasteiger partial charge in [0.2, 0.25) is 0 Å². The molecular weight excluding hydrogens is 268 g/mol. The molecule has 0 aromatic heterocycles. The number of alkyl halides is 1. The summed E-state index contributed by atoms with van der Waals surface area (Å²) in [6.45, 7) is 13.5. The fourth-order valence-electron chi connectivity index (χ4n) is 3.21. The van der Waals surface area contributed by atoms with Crippen LogP contribution in [0.4, 0.5) is 0 Å². The molecule has 0 radical (unpaired) electrons. The third-order valence-electron chi connectivity index (χ3n) is 4.30. The van der Waals surface area contributed by atoms with E-state index >= 15 is 0 Å². The highest BCUT2D eigenvalue weighted by molar-refractivity contribution is 6.18. The van der Waals surface area contributed by atoms with Crippen LogP contribution in [-0.4, -0.2) is 48.4 Å². The maximum Gasteiger partial charge on any atom is 0.0351 e. The monoisotopic (exact) mass is 294 g/mol. The van der Waals surface area contributed by atoms with E-state index in [2.05, 4.69) is 42.7 Å². The van der Waals surface area contributed by atoms with Gasteiger partial charge in [0, 0.05) is 32.1 Å². The highest BCUT2D eigenvalue weighted by Crippen LogP contribution is 2.19. The molecule has 0 amide bonds. The van der Waals surface area contributed by atoms with Crippen LogP contribution in [0, 0.1) is 20.8 Å². The Labute approximate surface area is 128 Å². The highest BCUT2D eigenvalue weighted by Gasteiger charge is 2.16. The second-order valence-electron chi connectivity index (χ2n) is 6.04. The first-order valence-corrected chi connectivity index (χ1v) is 8.21. The Morgan fingerprint density at radius 3 is 2.20 bits per heavy atom. The second-order valence-corrected chi connectivity index (χ2v) is 6.42. The lowest BCUT2D eigenvalue weighted by molar-refractivity contribution is 0.257. The van der Waals surface area contributed by atoms with E-state index in [1.807, 2.05) is 0 Å². The molecule has 1 aliphatic rings. The topological polar surface area (TPSA) is 6.48 Å². The molecule has 0 aliphatic carbocycles. The fourth-order valence-corrected chi connectivity index (χ4v) is 3.45. The third kappa shape index (κ3) is 4.21. The normalized spacial score (nSPS) is 18.2. The van der Waals surface area contributed by atoms with Crippen LogP contribution in [0.5, 0.6) is 0 Å². The summed E-state index contributed by atoms with van der Waals surface area (Å²) in [7, 11) is 0. The fraction of sp³-hybridized carbons (Fsp3) is 0.647. The molecule has 112 valence electrons. The van der Waals surface area contributed by atoms with Crippen LogP contribution in [0.15, 0.2) is 12.1 Å². The summed E-state index contributed by atoms with van der Waals surface area (Å²) in [6.07, 6.45) is 1.25. The minimum absolute atomic E-state index is 0.746. The molecule has 0 saturated carbocycles. The van der Waals surface area contributed by atoms with E-state index in [9.17, 15) is 0 Å². The average molecular weight is 295 g/mol. The van der Waals surface area contributed by atoms with Gasteiger partial charge in [-0.05, 0) is 57.0 Å². The number of hydrogen-bond donors (Lipinski definition) is 0. The van der Waals surface area contributed by atoms with E-state index in [0.717, 1.165) is 32.1 Å². The van der Waals surface area contributed by atoms with E-state index in [-0.39, 0.29) is 0 Å². The molecule has 0 N–H and O–H groups in total. The molecule has 1 saturated heterocycles. The van der Waals surface area contributed by atoms with E-state index < -0.39 is 0 Å². The van der Waals surface area contributed by atoms with Gasteiger partial charge in [-0.1, -0.05) is 17.7 Å². The molecule has 2 rings (SSSR count). The molecule has 0 atom stereocenters. The first-order valence-electron chi connectivity index (χ1n) is 7.67. The highest BCUT2D eigenvalue weighted by atomic mass is 35.5. The van der Waals surface area contributed by atoms with Crippen molar-refractivity contribution in [1.29, 1.82) is 0 Å². The van der Waals surface area contributed by atoms with E-state index in [0.29, 0.717) is 0 Å². The van der Waals surface area contributed by atoms with Gasteiger partial charge in [0.1, 0.15) is 0 Å². The standard InChI is InChI=1S/C17H27ClN2/c1-14-11-15(2)17(16(3)12-14)13-20-7-4-6-19(8-5-18)9-10-20/h11-12H,4-10,13H2,1-3H3. The minimum atomic E-state index is 0.746. The van der Waals surface area contributed by atoms with Crippen LogP contribution in [-0.2, 0) is 6.54 Å². The number of rotatable bonds is 4. The SMILES string of the molecule is Cc1cc(C)c(CN2CCCN(CCCl)CC2)c(C)c1. The molecule has 1 aromatic rings. The largest absolute Gasteiger partial charge is 0.301 e. The first-order chi connectivity index (χ1) is 9.60. The van der Waals surface area contributed by atoms with Crippen molar-refractivity contribution < 1.29 is 0 Å². The predicted octanol–water partition coefficient (Wildman–Crippen LogP) is 3.36. The van der Waals surface area contributed by atoms with Crippen molar-refractivity contribution in [3.8, 4) is 0 Å². The van der Waals surface area contributed by atoms with Crippen molar-refractivity contribution in [1.82, 2.24) is 9.80 Å². The van der Waals surface area contributed by atoms with Gasteiger partial charge in [-0.25, -0.2) is 0 Å². The Balaban J connectivity index is 2.00. The average Bonchev–Trinajstić information content (AvgIpc) is 2.60. The summed E-state index contributed by atoms with van der Waals surface area (Å²) in [6, 6.07) is 4.61. The third-order valence-corrected chi connectivity index (χ3v) is 4.47. The molecule has 0 bridgehead atoms. The lowest BCUT2D eigenvalue weighted by atomic mass is 9.99. The summed E-state index contributed by atoms with van der Waals surface area (Å²) in [5, 5.41) is 0. The van der Waals surface area contributed by atoms with Gasteiger partial charge >= 0.3 is 0 Å². The molecular formula is C17H27ClN2. The first kappa shape index (κ1) is 15.8. The maximum absolute atomic E-state index is 5.86. The molecule has 1 aromatic carbocycles. The number of benzene rings is 1. The van der Waals surface area contributed by atoms with Crippen molar-refractivity contribution in [3.63, 3.8) is 0 Å². The number of aryl methyl sites for hydroxylation is 3. The molecule has 0 unspecified atom stereocenters. The summed E-state index contributed by atoms with van der Waals surface area (Å²) in [5.41, 5.74) is 5.75. The number of halogens is 1. The molecule has 1 fully saturated rings. The molecule has 3 heteroatoms. The van der Waals surface area contributed by atoms with Crippen molar-refractivity contribution in [2.75, 3.05) is 38.6 Å². The van der Waals surface area contributed by atoms with Gasteiger partial charge in [-0.3, -0.25) is 4.90 Å². The van der Waals surface area contributed by atoms with Gasteiger partial charge in [-0.2, -0.15) is 0 Å². The minimum Gasteiger partial charge on any atom is -0.301 e. The zero-order valence-electron chi connectivity index (χ0n) is 13.1.